The molecule has 2 N–H and O–H groups in total. The van der Waals surface area contributed by atoms with E-state index >= 15 is 0 Å². The van der Waals surface area contributed by atoms with E-state index in [4.69, 9.17) is 0 Å². The van der Waals surface area contributed by atoms with Crippen molar-refractivity contribution in [2.75, 3.05) is 26.2 Å². The Labute approximate surface area is 305 Å². The SMILES string of the molecule is CC(=O)N1CCC2(CC[C@@H]([C@H]3c4ccccc4-c4cncn43)[C@H]2O)CC1.CC(=O)N1CCC2(CC[C@H]([C@@H]3c4ccccc4-c4cncn43)[C@@H]2O)CC1. The van der Waals surface area contributed by atoms with Gasteiger partial charge in [0.25, 0.3) is 0 Å². The van der Waals surface area contributed by atoms with E-state index < -0.39 is 0 Å². The minimum absolute atomic E-state index is 0.0328. The van der Waals surface area contributed by atoms with Crippen molar-refractivity contribution in [3.8, 4) is 22.5 Å². The lowest BCUT2D eigenvalue weighted by atomic mass is 9.73. The van der Waals surface area contributed by atoms with Gasteiger partial charge in [-0.1, -0.05) is 48.5 Å². The molecule has 2 amide bonds. The number of aliphatic hydroxyl groups is 2. The summed E-state index contributed by atoms with van der Waals surface area (Å²) in [5, 5.41) is 22.8. The Bertz CT molecular complexity index is 1840. The summed E-state index contributed by atoms with van der Waals surface area (Å²) in [5.41, 5.74) is 7.36. The first-order valence-electron chi connectivity index (χ1n) is 19.3. The number of rotatable bonds is 2. The second kappa shape index (κ2) is 12.7. The summed E-state index contributed by atoms with van der Waals surface area (Å²) in [6.07, 6.45) is 14.8. The van der Waals surface area contributed by atoms with E-state index in [0.29, 0.717) is 0 Å². The fraction of sp³-hybridized carbons (Fsp3) is 0.524. The lowest BCUT2D eigenvalue weighted by Gasteiger charge is -2.42. The van der Waals surface area contributed by atoms with E-state index in [9.17, 15) is 19.8 Å². The fourth-order valence-corrected chi connectivity index (χ4v) is 11.3. The minimum Gasteiger partial charge on any atom is -0.392 e. The van der Waals surface area contributed by atoms with Gasteiger partial charge in [-0.25, -0.2) is 9.97 Å². The number of hydrogen-bond acceptors (Lipinski definition) is 6. The third-order valence-electron chi connectivity index (χ3n) is 14.3. The third-order valence-corrected chi connectivity index (χ3v) is 14.3. The second-order valence-corrected chi connectivity index (χ2v) is 16.5. The molecule has 10 heteroatoms. The van der Waals surface area contributed by atoms with Crippen LogP contribution in [-0.2, 0) is 9.59 Å². The van der Waals surface area contributed by atoms with Crippen LogP contribution in [0.25, 0.3) is 22.5 Å². The van der Waals surface area contributed by atoms with Crippen LogP contribution < -0.4 is 0 Å². The molecule has 272 valence electrons. The first-order valence-corrected chi connectivity index (χ1v) is 19.3. The molecule has 6 aliphatic rings. The second-order valence-electron chi connectivity index (χ2n) is 16.5. The fourth-order valence-electron chi connectivity index (χ4n) is 11.3. The molecule has 4 aromatic rings. The van der Waals surface area contributed by atoms with E-state index in [1.807, 2.05) is 34.8 Å². The molecule has 0 radical (unpaired) electrons. The van der Waals surface area contributed by atoms with Crippen molar-refractivity contribution < 1.29 is 19.8 Å². The van der Waals surface area contributed by atoms with Gasteiger partial charge in [0, 0.05) is 73.8 Å². The molecule has 2 aliphatic carbocycles. The molecule has 0 bridgehead atoms. The molecular formula is C42H50N6O4. The molecule has 6 atom stereocenters. The highest BCUT2D eigenvalue weighted by Crippen LogP contribution is 2.57. The van der Waals surface area contributed by atoms with Crippen LogP contribution in [0.2, 0.25) is 0 Å². The van der Waals surface area contributed by atoms with Crippen molar-refractivity contribution in [1.29, 1.82) is 0 Å². The Kier molecular flexibility index (Phi) is 8.19. The number of aliphatic hydroxyl groups excluding tert-OH is 2. The molecule has 52 heavy (non-hydrogen) atoms. The molecule has 2 spiro atoms. The average molecular weight is 703 g/mol. The van der Waals surface area contributed by atoms with Crippen LogP contribution in [-0.4, -0.2) is 89.3 Å². The van der Waals surface area contributed by atoms with E-state index in [2.05, 4.69) is 67.6 Å². The topological polar surface area (TPSA) is 117 Å². The van der Waals surface area contributed by atoms with Gasteiger partial charge in [0.2, 0.25) is 11.8 Å². The van der Waals surface area contributed by atoms with Crippen LogP contribution >= 0.6 is 0 Å². The molecule has 0 unspecified atom stereocenters. The number of piperidine rings is 2. The maximum atomic E-state index is 11.7. The first-order chi connectivity index (χ1) is 25.2. The number of hydrogen-bond donors (Lipinski definition) is 2. The van der Waals surface area contributed by atoms with Crippen LogP contribution in [0.5, 0.6) is 0 Å². The maximum absolute atomic E-state index is 11.7. The summed E-state index contributed by atoms with van der Waals surface area (Å²) < 4.78 is 4.50. The monoisotopic (exact) mass is 702 g/mol. The van der Waals surface area contributed by atoms with Gasteiger partial charge in [-0.05, 0) is 62.5 Å². The molecule has 6 heterocycles. The molecule has 2 saturated heterocycles. The van der Waals surface area contributed by atoms with Crippen molar-refractivity contribution in [1.82, 2.24) is 28.9 Å². The molecule has 2 aromatic heterocycles. The molecule has 2 saturated carbocycles. The Morgan fingerprint density at radius 3 is 1.38 bits per heavy atom. The smallest absolute Gasteiger partial charge is 0.219 e. The van der Waals surface area contributed by atoms with Crippen molar-refractivity contribution in [2.24, 2.45) is 22.7 Å². The highest BCUT2D eigenvalue weighted by Gasteiger charge is 2.54. The predicted octanol–water partition coefficient (Wildman–Crippen LogP) is 5.71. The van der Waals surface area contributed by atoms with Gasteiger partial charge >= 0.3 is 0 Å². The van der Waals surface area contributed by atoms with E-state index in [0.717, 1.165) is 88.9 Å². The lowest BCUT2D eigenvalue weighted by molar-refractivity contribution is -0.133. The van der Waals surface area contributed by atoms with Crippen LogP contribution in [0.15, 0.2) is 73.6 Å². The quantitative estimate of drug-likeness (QED) is 0.277. The van der Waals surface area contributed by atoms with Gasteiger partial charge in [-0.15, -0.1) is 0 Å². The Hall–Kier alpha value is -4.28. The van der Waals surface area contributed by atoms with Crippen LogP contribution in [0.1, 0.15) is 88.4 Å². The summed E-state index contributed by atoms with van der Waals surface area (Å²) >= 11 is 0. The van der Waals surface area contributed by atoms with E-state index in [1.54, 1.807) is 13.8 Å². The molecule has 2 aromatic carbocycles. The van der Waals surface area contributed by atoms with Crippen molar-refractivity contribution >= 4 is 11.8 Å². The number of amides is 2. The number of benzene rings is 2. The average Bonchev–Trinajstić information content (AvgIpc) is 4.01. The van der Waals surface area contributed by atoms with Gasteiger partial charge in [0.05, 0.1) is 60.7 Å². The first kappa shape index (κ1) is 33.5. The molecule has 10 rings (SSSR count). The number of aromatic nitrogens is 4. The number of fused-ring (bicyclic) bond motifs is 6. The normalized spacial score (nSPS) is 29.0. The number of likely N-dealkylation sites (tertiary alicyclic amines) is 2. The number of nitrogens with zero attached hydrogens (tertiary/aromatic N) is 6. The number of carbonyl (C=O) groups excluding carboxylic acids is 2. The Morgan fingerprint density at radius 1 is 0.615 bits per heavy atom. The highest BCUT2D eigenvalue weighted by molar-refractivity contribution is 5.74. The van der Waals surface area contributed by atoms with Gasteiger partial charge in [-0.2, -0.15) is 0 Å². The van der Waals surface area contributed by atoms with Gasteiger partial charge in [-0.3, -0.25) is 9.59 Å². The van der Waals surface area contributed by atoms with Crippen molar-refractivity contribution in [3.63, 3.8) is 0 Å². The minimum atomic E-state index is -0.331. The Balaban J connectivity index is 0.000000138. The number of imidazole rings is 2. The zero-order valence-corrected chi connectivity index (χ0v) is 30.3. The number of carbonyl (C=O) groups is 2. The summed E-state index contributed by atoms with van der Waals surface area (Å²) in [5.74, 6) is 0.708. The summed E-state index contributed by atoms with van der Waals surface area (Å²) in [6, 6.07) is 17.4. The molecular weight excluding hydrogens is 652 g/mol. The lowest BCUT2D eigenvalue weighted by Crippen LogP contribution is -2.47. The van der Waals surface area contributed by atoms with Crippen LogP contribution in [0.3, 0.4) is 0 Å². The summed E-state index contributed by atoms with van der Waals surface area (Å²) in [6.45, 7) is 6.38. The Morgan fingerprint density at radius 2 is 1.00 bits per heavy atom. The van der Waals surface area contributed by atoms with Gasteiger partial charge in [0.15, 0.2) is 0 Å². The highest BCUT2D eigenvalue weighted by atomic mass is 16.3. The van der Waals surface area contributed by atoms with Crippen molar-refractivity contribution in [3.05, 3.63) is 84.7 Å². The van der Waals surface area contributed by atoms with E-state index in [1.165, 1.54) is 22.3 Å². The molecule has 10 nitrogen and oxygen atoms in total. The largest absolute Gasteiger partial charge is 0.392 e. The van der Waals surface area contributed by atoms with Gasteiger partial charge in [0.1, 0.15) is 0 Å². The third kappa shape index (κ3) is 5.11. The predicted molar refractivity (Wildman–Crippen MR) is 197 cm³/mol. The van der Waals surface area contributed by atoms with Crippen molar-refractivity contribution in [2.45, 2.75) is 89.5 Å². The maximum Gasteiger partial charge on any atom is 0.219 e. The van der Waals surface area contributed by atoms with Crippen LogP contribution in [0, 0.1) is 22.7 Å². The summed E-state index contributed by atoms with van der Waals surface area (Å²) in [7, 11) is 0. The standard InChI is InChI=1S/2C21H25N3O2/c2*1-14(25)23-10-8-21(9-11-23)7-6-17(20(21)26)19-16-5-3-2-4-15(16)18-12-22-13-24(18)19/h2*2-5,12-13,17,19-20,26H,6-11H2,1H3/t2*17-,19+,20+/m10/s1. The summed E-state index contributed by atoms with van der Waals surface area (Å²) in [4.78, 5) is 35.9. The molecule has 4 fully saturated rings. The zero-order chi connectivity index (χ0) is 35.8. The zero-order valence-electron chi connectivity index (χ0n) is 30.3. The van der Waals surface area contributed by atoms with E-state index in [-0.39, 0.29) is 58.8 Å². The molecule has 4 aliphatic heterocycles. The van der Waals surface area contributed by atoms with Gasteiger partial charge < -0.3 is 29.1 Å². The van der Waals surface area contributed by atoms with Crippen LogP contribution in [0.4, 0.5) is 0 Å².